The smallest absolute Gasteiger partial charge is 0.265 e. The van der Waals surface area contributed by atoms with E-state index < -0.39 is 0 Å². The monoisotopic (exact) mass is 268 g/mol. The molecule has 0 aliphatic carbocycles. The first-order valence-electron chi connectivity index (χ1n) is 5.95. The summed E-state index contributed by atoms with van der Waals surface area (Å²) in [5, 5.41) is 5.80. The highest BCUT2D eigenvalue weighted by Gasteiger charge is 2.09. The topological polar surface area (TPSA) is 42.0 Å². The second-order valence-electron chi connectivity index (χ2n) is 4.26. The fourth-order valence-corrected chi connectivity index (χ4v) is 2.64. The zero-order chi connectivity index (χ0) is 13.2. The predicted octanol–water partition coefficient (Wildman–Crippen LogP) is 3.86. The van der Waals surface area contributed by atoms with Crippen LogP contribution >= 0.6 is 11.3 Å². The first-order valence-corrected chi connectivity index (χ1v) is 6.83. The highest BCUT2D eigenvalue weighted by molar-refractivity contribution is 7.12. The van der Waals surface area contributed by atoms with Gasteiger partial charge in [0.2, 0.25) is 0 Å². The third-order valence-electron chi connectivity index (χ3n) is 2.97. The number of rotatable bonds is 2. The minimum absolute atomic E-state index is 0.0796. The van der Waals surface area contributed by atoms with Crippen molar-refractivity contribution in [3.05, 3.63) is 58.4 Å². The van der Waals surface area contributed by atoms with Gasteiger partial charge in [0.1, 0.15) is 0 Å². The zero-order valence-electron chi connectivity index (χ0n) is 10.4. The van der Waals surface area contributed by atoms with E-state index in [2.05, 4.69) is 10.3 Å². The van der Waals surface area contributed by atoms with Gasteiger partial charge in [0.25, 0.3) is 5.91 Å². The van der Waals surface area contributed by atoms with Crippen molar-refractivity contribution in [2.75, 3.05) is 5.32 Å². The average molecular weight is 268 g/mol. The Morgan fingerprint density at radius 2 is 2.11 bits per heavy atom. The van der Waals surface area contributed by atoms with Gasteiger partial charge in [-0.15, -0.1) is 11.3 Å². The number of fused-ring (bicyclic) bond motifs is 1. The van der Waals surface area contributed by atoms with E-state index in [9.17, 15) is 4.79 Å². The Morgan fingerprint density at radius 3 is 2.89 bits per heavy atom. The third kappa shape index (κ3) is 2.22. The van der Waals surface area contributed by atoms with E-state index in [1.54, 1.807) is 6.20 Å². The molecule has 4 heteroatoms. The largest absolute Gasteiger partial charge is 0.321 e. The molecule has 0 aliphatic rings. The number of aromatic nitrogens is 1. The van der Waals surface area contributed by atoms with E-state index in [1.165, 1.54) is 11.3 Å². The van der Waals surface area contributed by atoms with Crippen LogP contribution in [0.15, 0.2) is 48.0 Å². The van der Waals surface area contributed by atoms with Gasteiger partial charge in [0.15, 0.2) is 0 Å². The maximum atomic E-state index is 12.1. The minimum Gasteiger partial charge on any atom is -0.321 e. The molecule has 0 radical (unpaired) electrons. The van der Waals surface area contributed by atoms with E-state index in [-0.39, 0.29) is 5.91 Å². The van der Waals surface area contributed by atoms with Gasteiger partial charge >= 0.3 is 0 Å². The molecule has 2 aromatic heterocycles. The number of nitrogens with zero attached hydrogens (tertiary/aromatic N) is 1. The molecule has 3 rings (SSSR count). The van der Waals surface area contributed by atoms with Crippen LogP contribution in [0.3, 0.4) is 0 Å². The molecule has 19 heavy (non-hydrogen) atoms. The van der Waals surface area contributed by atoms with Crippen molar-refractivity contribution in [1.29, 1.82) is 0 Å². The van der Waals surface area contributed by atoms with Gasteiger partial charge in [-0.1, -0.05) is 24.3 Å². The first kappa shape index (κ1) is 11.9. The Kier molecular flexibility index (Phi) is 3.01. The summed E-state index contributed by atoms with van der Waals surface area (Å²) in [6.45, 7) is 2.01. The molecule has 2 heterocycles. The molecule has 1 amide bonds. The van der Waals surface area contributed by atoms with E-state index >= 15 is 0 Å². The van der Waals surface area contributed by atoms with Crippen molar-refractivity contribution < 1.29 is 4.79 Å². The van der Waals surface area contributed by atoms with Gasteiger partial charge in [-0.2, -0.15) is 0 Å². The maximum Gasteiger partial charge on any atom is 0.265 e. The zero-order valence-corrected chi connectivity index (χ0v) is 11.2. The molecule has 1 N–H and O–H groups in total. The summed E-state index contributed by atoms with van der Waals surface area (Å²) in [5.74, 6) is -0.0796. The number of carbonyl (C=O) groups excluding carboxylic acids is 1. The van der Waals surface area contributed by atoms with Crippen LogP contribution in [0.25, 0.3) is 10.9 Å². The number of carbonyl (C=O) groups is 1. The predicted molar refractivity (Wildman–Crippen MR) is 78.8 cm³/mol. The first-order chi connectivity index (χ1) is 9.25. The Bertz CT molecular complexity index is 735. The quantitative estimate of drug-likeness (QED) is 0.767. The lowest BCUT2D eigenvalue weighted by atomic mass is 10.1. The van der Waals surface area contributed by atoms with E-state index in [1.807, 2.05) is 48.7 Å². The number of hydrogen-bond acceptors (Lipinski definition) is 3. The van der Waals surface area contributed by atoms with Crippen molar-refractivity contribution in [1.82, 2.24) is 4.98 Å². The normalized spacial score (nSPS) is 10.6. The van der Waals surface area contributed by atoms with Gasteiger partial charge in [0, 0.05) is 11.6 Å². The van der Waals surface area contributed by atoms with Crippen LogP contribution in [0.5, 0.6) is 0 Å². The molecule has 0 spiro atoms. The third-order valence-corrected chi connectivity index (χ3v) is 3.83. The molecule has 3 aromatic rings. The molecule has 1 aromatic carbocycles. The van der Waals surface area contributed by atoms with Gasteiger partial charge in [-0.3, -0.25) is 9.78 Å². The number of pyridine rings is 1. The lowest BCUT2D eigenvalue weighted by Gasteiger charge is -2.08. The number of thiophene rings is 1. The van der Waals surface area contributed by atoms with Gasteiger partial charge in [-0.05, 0) is 30.0 Å². The number of nitrogens with one attached hydrogen (secondary N) is 1. The van der Waals surface area contributed by atoms with Crippen molar-refractivity contribution in [2.24, 2.45) is 0 Å². The Hall–Kier alpha value is -2.20. The Morgan fingerprint density at radius 1 is 1.21 bits per heavy atom. The standard InChI is InChI=1S/C15H12N2OS/c1-10-4-2-5-11-12(7-8-16-14(10)11)17-15(18)13-6-3-9-19-13/h2-9H,1H3,(H,16,17,18). The van der Waals surface area contributed by atoms with Crippen LogP contribution in [0, 0.1) is 6.92 Å². The number of hydrogen-bond donors (Lipinski definition) is 1. The average Bonchev–Trinajstić information content (AvgIpc) is 2.94. The number of para-hydroxylation sites is 1. The van der Waals surface area contributed by atoms with Crippen LogP contribution in [0.1, 0.15) is 15.2 Å². The lowest BCUT2D eigenvalue weighted by Crippen LogP contribution is -2.10. The summed E-state index contributed by atoms with van der Waals surface area (Å²) >= 11 is 1.43. The van der Waals surface area contributed by atoms with Crippen LogP contribution in [0.4, 0.5) is 5.69 Å². The molecule has 0 fully saturated rings. The fourth-order valence-electron chi connectivity index (χ4n) is 2.02. The van der Waals surface area contributed by atoms with Gasteiger partial charge < -0.3 is 5.32 Å². The highest BCUT2D eigenvalue weighted by atomic mass is 32.1. The number of aryl methyl sites for hydroxylation is 1. The van der Waals surface area contributed by atoms with E-state index in [4.69, 9.17) is 0 Å². The van der Waals surface area contributed by atoms with Crippen LogP contribution in [0.2, 0.25) is 0 Å². The summed E-state index contributed by atoms with van der Waals surface area (Å²) in [7, 11) is 0. The molecule has 0 atom stereocenters. The molecule has 0 bridgehead atoms. The summed E-state index contributed by atoms with van der Waals surface area (Å²) < 4.78 is 0. The van der Waals surface area contributed by atoms with Crippen molar-refractivity contribution in [2.45, 2.75) is 6.92 Å². The van der Waals surface area contributed by atoms with E-state index in [0.29, 0.717) is 4.88 Å². The number of amides is 1. The molecule has 3 nitrogen and oxygen atoms in total. The summed E-state index contributed by atoms with van der Waals surface area (Å²) in [6.07, 6.45) is 1.72. The number of anilines is 1. The molecular formula is C15H12N2OS. The van der Waals surface area contributed by atoms with Crippen LogP contribution in [-0.4, -0.2) is 10.9 Å². The molecule has 0 unspecified atom stereocenters. The molecular weight excluding hydrogens is 256 g/mol. The lowest BCUT2D eigenvalue weighted by molar-refractivity contribution is 0.103. The van der Waals surface area contributed by atoms with Gasteiger partial charge in [-0.25, -0.2) is 0 Å². The van der Waals surface area contributed by atoms with E-state index in [0.717, 1.165) is 22.2 Å². The number of benzene rings is 1. The summed E-state index contributed by atoms with van der Waals surface area (Å²) in [5.41, 5.74) is 2.82. The molecule has 94 valence electrons. The van der Waals surface area contributed by atoms with Crippen LogP contribution in [-0.2, 0) is 0 Å². The Labute approximate surface area is 114 Å². The minimum atomic E-state index is -0.0796. The summed E-state index contributed by atoms with van der Waals surface area (Å²) in [6, 6.07) is 11.5. The Balaban J connectivity index is 2.02. The van der Waals surface area contributed by atoms with Crippen LogP contribution < -0.4 is 5.32 Å². The summed E-state index contributed by atoms with van der Waals surface area (Å²) in [4.78, 5) is 17.2. The molecule has 0 saturated heterocycles. The molecule has 0 saturated carbocycles. The maximum absolute atomic E-state index is 12.1. The molecule has 0 aliphatic heterocycles. The van der Waals surface area contributed by atoms with Gasteiger partial charge in [0.05, 0.1) is 16.1 Å². The second kappa shape index (κ2) is 4.82. The second-order valence-corrected chi connectivity index (χ2v) is 5.21. The highest BCUT2D eigenvalue weighted by Crippen LogP contribution is 2.24. The fraction of sp³-hybridized carbons (Fsp3) is 0.0667. The van der Waals surface area contributed by atoms with Crippen molar-refractivity contribution >= 4 is 33.8 Å². The van der Waals surface area contributed by atoms with Crippen molar-refractivity contribution in [3.63, 3.8) is 0 Å². The van der Waals surface area contributed by atoms with Crippen molar-refractivity contribution in [3.8, 4) is 0 Å². The SMILES string of the molecule is Cc1cccc2c(NC(=O)c3cccs3)ccnc12.